The minimum atomic E-state index is -1.80. The number of primary amides is 1. The third kappa shape index (κ3) is 4.36. The van der Waals surface area contributed by atoms with Gasteiger partial charge in [-0.1, -0.05) is 6.07 Å². The third-order valence-electron chi connectivity index (χ3n) is 6.83. The summed E-state index contributed by atoms with van der Waals surface area (Å²) in [5.74, 6) is -4.32. The van der Waals surface area contributed by atoms with E-state index in [-0.39, 0.29) is 45.9 Å². The van der Waals surface area contributed by atoms with E-state index in [0.717, 1.165) is 6.07 Å². The molecule has 2 fully saturated rings. The summed E-state index contributed by atoms with van der Waals surface area (Å²) in [4.78, 5) is 37.3. The zero-order valence-electron chi connectivity index (χ0n) is 18.9. The summed E-state index contributed by atoms with van der Waals surface area (Å²) >= 11 is 0. The first-order valence-electron chi connectivity index (χ1n) is 10.9. The number of carbonyl (C=O) groups excluding carboxylic acids is 3. The number of hydrogen-bond acceptors (Lipinski definition) is 5. The molecule has 2 amide bonds. The van der Waals surface area contributed by atoms with Gasteiger partial charge in [-0.2, -0.15) is 8.78 Å². The fourth-order valence-electron chi connectivity index (χ4n) is 5.23. The van der Waals surface area contributed by atoms with Crippen LogP contribution in [0, 0.1) is 23.6 Å². The van der Waals surface area contributed by atoms with Crippen LogP contribution in [0.25, 0.3) is 11.1 Å². The number of ether oxygens (including phenoxy) is 2. The molecule has 0 unspecified atom stereocenters. The van der Waals surface area contributed by atoms with Crippen LogP contribution in [0.15, 0.2) is 48.1 Å². The Kier molecular flexibility index (Phi) is 6.56. The maximum atomic E-state index is 14.5. The Morgan fingerprint density at radius 2 is 1.83 bits per heavy atom. The first kappa shape index (κ1) is 24.3. The molecule has 0 aromatic heterocycles. The molecular weight excluding hydrogens is 465 g/mol. The Hall–Kier alpha value is -3.82. The molecule has 2 saturated carbocycles. The summed E-state index contributed by atoms with van der Waals surface area (Å²) in [6.07, 6.45) is -1.39. The molecule has 0 saturated heterocycles. The molecule has 3 N–H and O–H groups in total. The molecule has 7 nitrogen and oxygen atoms in total. The van der Waals surface area contributed by atoms with Gasteiger partial charge in [-0.15, -0.1) is 0 Å². The second kappa shape index (κ2) is 9.44. The summed E-state index contributed by atoms with van der Waals surface area (Å²) < 4.78 is 51.7. The number of hydrogen-bond donors (Lipinski definition) is 2. The molecule has 10 heteroatoms. The average molecular weight is 488 g/mol. The lowest BCUT2D eigenvalue weighted by atomic mass is 9.81. The Labute approximate surface area is 199 Å². The normalized spacial score (nSPS) is 22.6. The van der Waals surface area contributed by atoms with Crippen LogP contribution in [-0.2, 0) is 9.53 Å². The smallest absolute Gasteiger partial charge is 0.311 e. The first-order valence-corrected chi connectivity index (χ1v) is 10.9. The number of esters is 1. The topological polar surface area (TPSA) is 108 Å². The largest absolute Gasteiger partial charge is 0.496 e. The summed E-state index contributed by atoms with van der Waals surface area (Å²) in [5.41, 5.74) is 5.63. The van der Waals surface area contributed by atoms with Gasteiger partial charge in [0.05, 0.1) is 25.7 Å². The molecule has 4 rings (SSSR count). The number of methoxy groups -OCH3 is 2. The van der Waals surface area contributed by atoms with Gasteiger partial charge >= 0.3 is 5.97 Å². The van der Waals surface area contributed by atoms with Crippen LogP contribution in [0.3, 0.4) is 0 Å². The molecular formula is C25H23F3N2O5. The second-order valence-corrected chi connectivity index (χ2v) is 8.61. The maximum Gasteiger partial charge on any atom is 0.311 e. The van der Waals surface area contributed by atoms with E-state index in [1.54, 1.807) is 0 Å². The molecule has 0 heterocycles. The number of fused-ring (bicyclic) bond motifs is 2. The summed E-state index contributed by atoms with van der Waals surface area (Å²) in [5, 5.41) is 2.72. The van der Waals surface area contributed by atoms with Gasteiger partial charge in [0.25, 0.3) is 12.0 Å². The van der Waals surface area contributed by atoms with Gasteiger partial charge in [0.2, 0.25) is 5.91 Å². The van der Waals surface area contributed by atoms with Gasteiger partial charge in [0.1, 0.15) is 11.6 Å². The van der Waals surface area contributed by atoms with Crippen molar-refractivity contribution in [1.29, 1.82) is 0 Å². The molecule has 2 aliphatic carbocycles. The minimum Gasteiger partial charge on any atom is -0.496 e. The SMILES string of the molecule is COC(=O)[C@H]1[C@@H]2CC(=C(F)F)[C@@H](C2)[C@H]1NC(=O)c1cc(-c2cc(C(N)=O)ccc2F)ccc1OC. The fraction of sp³-hybridized carbons (Fsp3) is 0.320. The molecule has 2 aliphatic rings. The van der Waals surface area contributed by atoms with Crippen LogP contribution < -0.4 is 15.8 Å². The van der Waals surface area contributed by atoms with Crippen molar-refractivity contribution in [3.63, 3.8) is 0 Å². The summed E-state index contributed by atoms with van der Waals surface area (Å²) in [7, 11) is 2.55. The van der Waals surface area contributed by atoms with Crippen molar-refractivity contribution in [2.75, 3.05) is 14.2 Å². The molecule has 0 radical (unpaired) electrons. The number of nitrogens with one attached hydrogen (secondary N) is 1. The van der Waals surface area contributed by atoms with Crippen molar-refractivity contribution in [2.24, 2.45) is 23.5 Å². The van der Waals surface area contributed by atoms with Gasteiger partial charge in [0.15, 0.2) is 0 Å². The monoisotopic (exact) mass is 488 g/mol. The van der Waals surface area contributed by atoms with E-state index in [0.29, 0.717) is 6.42 Å². The lowest BCUT2D eigenvalue weighted by molar-refractivity contribution is -0.147. The number of nitrogens with two attached hydrogens (primary N) is 1. The summed E-state index contributed by atoms with van der Waals surface area (Å²) in [6.45, 7) is 0. The maximum absolute atomic E-state index is 14.5. The third-order valence-corrected chi connectivity index (χ3v) is 6.83. The van der Waals surface area contributed by atoms with Gasteiger partial charge in [-0.25, -0.2) is 4.39 Å². The first-order chi connectivity index (χ1) is 16.7. The van der Waals surface area contributed by atoms with Gasteiger partial charge in [0, 0.05) is 28.7 Å². The van der Waals surface area contributed by atoms with Crippen LogP contribution in [0.1, 0.15) is 33.6 Å². The van der Waals surface area contributed by atoms with Gasteiger partial charge < -0.3 is 20.5 Å². The molecule has 0 spiro atoms. The summed E-state index contributed by atoms with van der Waals surface area (Å²) in [6, 6.07) is 7.03. The van der Waals surface area contributed by atoms with Gasteiger partial charge in [-0.3, -0.25) is 14.4 Å². The molecule has 35 heavy (non-hydrogen) atoms. The van der Waals surface area contributed by atoms with Crippen LogP contribution in [0.2, 0.25) is 0 Å². The van der Waals surface area contributed by atoms with Crippen LogP contribution in [0.5, 0.6) is 5.75 Å². The highest BCUT2D eigenvalue weighted by Crippen LogP contribution is 2.53. The van der Waals surface area contributed by atoms with Crippen LogP contribution in [0.4, 0.5) is 13.2 Å². The molecule has 0 aliphatic heterocycles. The molecule has 2 bridgehead atoms. The van der Waals surface area contributed by atoms with Crippen molar-refractivity contribution >= 4 is 17.8 Å². The average Bonchev–Trinajstić information content (AvgIpc) is 3.42. The van der Waals surface area contributed by atoms with E-state index in [4.69, 9.17) is 15.2 Å². The van der Waals surface area contributed by atoms with E-state index in [9.17, 15) is 27.6 Å². The quantitative estimate of drug-likeness (QED) is 0.604. The van der Waals surface area contributed by atoms with Crippen molar-refractivity contribution in [3.8, 4) is 16.9 Å². The van der Waals surface area contributed by atoms with E-state index in [1.165, 1.54) is 44.6 Å². The lowest BCUT2D eigenvalue weighted by Crippen LogP contribution is -2.48. The highest BCUT2D eigenvalue weighted by atomic mass is 19.3. The predicted octanol–water partition coefficient (Wildman–Crippen LogP) is 3.68. The zero-order chi connectivity index (χ0) is 25.4. The Balaban J connectivity index is 1.70. The van der Waals surface area contributed by atoms with Crippen LogP contribution in [-0.4, -0.2) is 38.0 Å². The van der Waals surface area contributed by atoms with E-state index in [2.05, 4.69) is 5.32 Å². The van der Waals surface area contributed by atoms with Crippen molar-refractivity contribution in [1.82, 2.24) is 5.32 Å². The van der Waals surface area contributed by atoms with E-state index in [1.807, 2.05) is 0 Å². The van der Waals surface area contributed by atoms with Crippen molar-refractivity contribution < 1.29 is 37.0 Å². The van der Waals surface area contributed by atoms with Gasteiger partial charge in [-0.05, 0) is 54.7 Å². The number of rotatable bonds is 6. The van der Waals surface area contributed by atoms with Crippen molar-refractivity contribution in [2.45, 2.75) is 18.9 Å². The predicted molar refractivity (Wildman–Crippen MR) is 119 cm³/mol. The highest BCUT2D eigenvalue weighted by molar-refractivity contribution is 5.99. The van der Waals surface area contributed by atoms with E-state index >= 15 is 0 Å². The second-order valence-electron chi connectivity index (χ2n) is 8.61. The fourth-order valence-corrected chi connectivity index (χ4v) is 5.23. The Morgan fingerprint density at radius 1 is 1.09 bits per heavy atom. The van der Waals surface area contributed by atoms with E-state index < -0.39 is 47.6 Å². The number of halogens is 3. The standard InChI is InChI=1S/C25H23F3N2O5/c1-34-19-6-4-11(14-8-12(23(29)31)3-5-18(14)26)7-17(19)24(32)30-21-15-9-13(10-16(15)22(27)28)20(21)25(33)35-2/h3-8,13,15,20-21H,9-10H2,1-2H3,(H2,29,31)(H,30,32)/t13-,15+,20-,21+/m0/s1. The molecule has 184 valence electrons. The number of carbonyl (C=O) groups is 3. The van der Waals surface area contributed by atoms with Crippen molar-refractivity contribution in [3.05, 3.63) is 65.0 Å². The lowest BCUT2D eigenvalue weighted by Gasteiger charge is -2.31. The zero-order valence-corrected chi connectivity index (χ0v) is 18.9. The Bertz CT molecular complexity index is 1240. The highest BCUT2D eigenvalue weighted by Gasteiger charge is 2.55. The van der Waals surface area contributed by atoms with Crippen LogP contribution >= 0.6 is 0 Å². The number of benzene rings is 2. The molecule has 2 aromatic rings. The number of amides is 2. The molecule has 2 aromatic carbocycles. The minimum absolute atomic E-state index is 0.00603. The Morgan fingerprint density at radius 3 is 2.46 bits per heavy atom. The molecule has 4 atom stereocenters.